The van der Waals surface area contributed by atoms with E-state index in [9.17, 15) is 9.59 Å². The van der Waals surface area contributed by atoms with Gasteiger partial charge in [0.1, 0.15) is 0 Å². The van der Waals surface area contributed by atoms with Crippen molar-refractivity contribution in [2.75, 3.05) is 0 Å². The van der Waals surface area contributed by atoms with Crippen molar-refractivity contribution in [1.29, 1.82) is 0 Å². The molecule has 0 spiro atoms. The molecule has 3 heterocycles. The van der Waals surface area contributed by atoms with Crippen LogP contribution < -0.4 is 11.2 Å². The number of imidazole rings is 2. The number of fused-ring (bicyclic) bond motifs is 3. The summed E-state index contributed by atoms with van der Waals surface area (Å²) < 4.78 is 6.57. The van der Waals surface area contributed by atoms with Gasteiger partial charge in [-0.2, -0.15) is 4.98 Å². The third-order valence-electron chi connectivity index (χ3n) is 5.84. The summed E-state index contributed by atoms with van der Waals surface area (Å²) in [4.78, 5) is 30.6. The predicted molar refractivity (Wildman–Crippen MR) is 122 cm³/mol. The molecule has 0 atom stereocenters. The van der Waals surface area contributed by atoms with Crippen LogP contribution in [-0.2, 0) is 13.6 Å². The van der Waals surface area contributed by atoms with Gasteiger partial charge >= 0.3 is 5.69 Å². The minimum Gasteiger partial charge on any atom is -0.279 e. The van der Waals surface area contributed by atoms with E-state index in [0.29, 0.717) is 23.5 Å². The monoisotopic (exact) mass is 413 g/mol. The van der Waals surface area contributed by atoms with Crippen LogP contribution >= 0.6 is 0 Å². The van der Waals surface area contributed by atoms with E-state index < -0.39 is 0 Å². The van der Waals surface area contributed by atoms with Gasteiger partial charge in [-0.3, -0.25) is 22.9 Å². The summed E-state index contributed by atoms with van der Waals surface area (Å²) in [5, 5.41) is 0. The molecule has 0 aliphatic carbocycles. The maximum atomic E-state index is 13.2. The number of aryl methyl sites for hydroxylation is 3. The van der Waals surface area contributed by atoms with Crippen LogP contribution in [0.1, 0.15) is 18.1 Å². The SMILES string of the molecule is CCn1c(=O)c2c(nc3n(-c4cc(C)ccc4C)c(-c4ccccc4)cn23)n(C)c1=O. The molecule has 0 aliphatic heterocycles. The lowest BCUT2D eigenvalue weighted by molar-refractivity contribution is 0.637. The van der Waals surface area contributed by atoms with Gasteiger partial charge < -0.3 is 0 Å². The van der Waals surface area contributed by atoms with E-state index in [2.05, 4.69) is 36.6 Å². The molecule has 0 N–H and O–H groups in total. The molecule has 7 heteroatoms. The number of nitrogens with zero attached hydrogens (tertiary/aromatic N) is 5. The fourth-order valence-electron chi connectivity index (χ4n) is 4.19. The van der Waals surface area contributed by atoms with Crippen LogP contribution in [0.2, 0.25) is 0 Å². The van der Waals surface area contributed by atoms with E-state index in [1.54, 1.807) is 14.0 Å². The van der Waals surface area contributed by atoms with Crippen molar-refractivity contribution in [1.82, 2.24) is 23.1 Å². The molecule has 0 saturated carbocycles. The molecular weight excluding hydrogens is 390 g/mol. The highest BCUT2D eigenvalue weighted by molar-refractivity contribution is 5.79. The first kappa shape index (κ1) is 19.1. The van der Waals surface area contributed by atoms with Crippen LogP contribution in [0.3, 0.4) is 0 Å². The van der Waals surface area contributed by atoms with E-state index in [1.807, 2.05) is 40.9 Å². The van der Waals surface area contributed by atoms with Gasteiger partial charge in [-0.1, -0.05) is 42.5 Å². The molecule has 156 valence electrons. The maximum Gasteiger partial charge on any atom is 0.332 e. The Labute approximate surface area is 178 Å². The fourth-order valence-corrected chi connectivity index (χ4v) is 4.19. The number of hydrogen-bond acceptors (Lipinski definition) is 3. The van der Waals surface area contributed by atoms with Gasteiger partial charge in [-0.15, -0.1) is 0 Å². The lowest BCUT2D eigenvalue weighted by Crippen LogP contribution is -2.38. The van der Waals surface area contributed by atoms with Gasteiger partial charge in [0.05, 0.1) is 11.4 Å². The van der Waals surface area contributed by atoms with E-state index >= 15 is 0 Å². The third kappa shape index (κ3) is 2.70. The summed E-state index contributed by atoms with van der Waals surface area (Å²) in [7, 11) is 1.66. The van der Waals surface area contributed by atoms with Crippen molar-refractivity contribution < 1.29 is 0 Å². The van der Waals surface area contributed by atoms with Gasteiger partial charge in [0, 0.05) is 25.4 Å². The summed E-state index contributed by atoms with van der Waals surface area (Å²) >= 11 is 0. The first-order valence-corrected chi connectivity index (χ1v) is 10.3. The van der Waals surface area contributed by atoms with Gasteiger partial charge in [-0.05, 0) is 38.0 Å². The highest BCUT2D eigenvalue weighted by atomic mass is 16.2. The summed E-state index contributed by atoms with van der Waals surface area (Å²) in [5.41, 5.74) is 5.25. The summed E-state index contributed by atoms with van der Waals surface area (Å²) in [6.45, 7) is 6.21. The number of hydrogen-bond donors (Lipinski definition) is 0. The molecule has 0 saturated heterocycles. The number of rotatable bonds is 3. The first-order valence-electron chi connectivity index (χ1n) is 10.3. The fraction of sp³-hybridized carbons (Fsp3) is 0.208. The van der Waals surface area contributed by atoms with E-state index in [4.69, 9.17) is 4.98 Å². The van der Waals surface area contributed by atoms with Crippen LogP contribution in [0, 0.1) is 13.8 Å². The zero-order valence-electron chi connectivity index (χ0n) is 18.0. The van der Waals surface area contributed by atoms with Crippen molar-refractivity contribution in [3.05, 3.63) is 86.7 Å². The van der Waals surface area contributed by atoms with Crippen LogP contribution in [0.25, 0.3) is 33.9 Å². The summed E-state index contributed by atoms with van der Waals surface area (Å²) in [6, 6.07) is 16.3. The highest BCUT2D eigenvalue weighted by Crippen LogP contribution is 2.30. The quantitative estimate of drug-likeness (QED) is 0.455. The van der Waals surface area contributed by atoms with Gasteiger partial charge in [0.25, 0.3) is 5.56 Å². The highest BCUT2D eigenvalue weighted by Gasteiger charge is 2.22. The van der Waals surface area contributed by atoms with Crippen LogP contribution in [0.4, 0.5) is 0 Å². The Morgan fingerprint density at radius 1 is 1.00 bits per heavy atom. The zero-order chi connectivity index (χ0) is 21.9. The van der Waals surface area contributed by atoms with Gasteiger partial charge in [0.2, 0.25) is 5.78 Å². The molecular formula is C24H23N5O2. The molecule has 0 radical (unpaired) electrons. The second-order valence-electron chi connectivity index (χ2n) is 7.85. The molecule has 0 aliphatic rings. The Morgan fingerprint density at radius 2 is 1.74 bits per heavy atom. The average Bonchev–Trinajstić information content (AvgIpc) is 3.31. The molecule has 3 aromatic heterocycles. The molecule has 7 nitrogen and oxygen atoms in total. The Hall–Kier alpha value is -3.87. The van der Waals surface area contributed by atoms with Gasteiger partial charge in [-0.25, -0.2) is 4.79 Å². The zero-order valence-corrected chi connectivity index (χ0v) is 18.0. The van der Waals surface area contributed by atoms with Crippen LogP contribution in [0.15, 0.2) is 64.3 Å². The summed E-state index contributed by atoms with van der Waals surface area (Å²) in [5.74, 6) is 0.600. The Bertz CT molecular complexity index is 1580. The van der Waals surface area contributed by atoms with Crippen LogP contribution in [0.5, 0.6) is 0 Å². The smallest absolute Gasteiger partial charge is 0.279 e. The largest absolute Gasteiger partial charge is 0.332 e. The minimum absolute atomic E-state index is 0.303. The Kier molecular flexibility index (Phi) is 4.22. The Morgan fingerprint density at radius 3 is 2.45 bits per heavy atom. The second-order valence-corrected chi connectivity index (χ2v) is 7.85. The summed E-state index contributed by atoms with van der Waals surface area (Å²) in [6.07, 6.45) is 1.94. The molecule has 0 unspecified atom stereocenters. The maximum absolute atomic E-state index is 13.2. The Balaban J connectivity index is 2.00. The third-order valence-corrected chi connectivity index (χ3v) is 5.84. The van der Waals surface area contributed by atoms with Crippen molar-refractivity contribution >= 4 is 16.9 Å². The normalized spacial score (nSPS) is 11.6. The topological polar surface area (TPSA) is 66.2 Å². The van der Waals surface area contributed by atoms with Crippen LogP contribution in [-0.4, -0.2) is 23.1 Å². The van der Waals surface area contributed by atoms with E-state index in [1.165, 1.54) is 9.13 Å². The van der Waals surface area contributed by atoms with Crippen molar-refractivity contribution in [2.24, 2.45) is 7.05 Å². The molecule has 0 fully saturated rings. The first-order chi connectivity index (χ1) is 14.9. The van der Waals surface area contributed by atoms with Crippen molar-refractivity contribution in [3.8, 4) is 16.9 Å². The standard InChI is InChI=1S/C24H23N5O2/c1-5-27-22(30)20-21(26(4)24(27)31)25-23-28(20)14-19(17-9-7-6-8-10-17)29(23)18-13-15(2)11-12-16(18)3/h6-14H,5H2,1-4H3. The van der Waals surface area contributed by atoms with Gasteiger partial charge in [0.15, 0.2) is 11.2 Å². The lowest BCUT2D eigenvalue weighted by Gasteiger charge is -2.13. The molecule has 5 rings (SSSR count). The lowest BCUT2D eigenvalue weighted by atomic mass is 10.1. The van der Waals surface area contributed by atoms with Crippen molar-refractivity contribution in [3.63, 3.8) is 0 Å². The molecule has 0 bridgehead atoms. The molecule has 2 aromatic carbocycles. The van der Waals surface area contributed by atoms with E-state index in [-0.39, 0.29) is 11.2 Å². The number of aromatic nitrogens is 5. The second kappa shape index (κ2) is 6.84. The minimum atomic E-state index is -0.359. The van der Waals surface area contributed by atoms with E-state index in [0.717, 1.165) is 28.1 Å². The van der Waals surface area contributed by atoms with Crippen molar-refractivity contribution in [2.45, 2.75) is 27.3 Å². The number of benzene rings is 2. The molecule has 0 amide bonds. The molecule has 31 heavy (non-hydrogen) atoms. The average molecular weight is 413 g/mol. The predicted octanol–water partition coefficient (Wildman–Crippen LogP) is 3.44. The molecule has 5 aromatic rings.